The molecule has 0 amide bonds. The summed E-state index contributed by atoms with van der Waals surface area (Å²) in [5.74, 6) is -0.260. The number of aryl methyl sites for hydroxylation is 1. The number of benzene rings is 1. The number of alkyl halides is 3. The van der Waals surface area contributed by atoms with Crippen molar-refractivity contribution in [1.82, 2.24) is 5.32 Å². The summed E-state index contributed by atoms with van der Waals surface area (Å²) in [5, 5.41) is 3.12. The SMILES string of the molecule is Cc1ccc(C(C)NCCCOCC(F)(F)F)cc1F. The predicted octanol–water partition coefficient (Wildman–Crippen LogP) is 3.75. The van der Waals surface area contributed by atoms with Crippen molar-refractivity contribution in [3.63, 3.8) is 0 Å². The molecule has 1 rings (SSSR count). The Morgan fingerprint density at radius 2 is 2.00 bits per heavy atom. The van der Waals surface area contributed by atoms with Gasteiger partial charge in [-0.25, -0.2) is 4.39 Å². The maximum atomic E-state index is 13.4. The van der Waals surface area contributed by atoms with E-state index in [2.05, 4.69) is 10.1 Å². The molecule has 0 fully saturated rings. The zero-order chi connectivity index (χ0) is 15.2. The van der Waals surface area contributed by atoms with Crippen LogP contribution in [-0.4, -0.2) is 25.9 Å². The second kappa shape index (κ2) is 7.59. The molecule has 0 aliphatic heterocycles. The minimum absolute atomic E-state index is 0.0431. The van der Waals surface area contributed by atoms with Gasteiger partial charge in [0.25, 0.3) is 0 Å². The smallest absolute Gasteiger partial charge is 0.372 e. The number of nitrogens with one attached hydrogen (secondary N) is 1. The van der Waals surface area contributed by atoms with Gasteiger partial charge in [-0.2, -0.15) is 13.2 Å². The lowest BCUT2D eigenvalue weighted by Crippen LogP contribution is -2.22. The van der Waals surface area contributed by atoms with E-state index in [4.69, 9.17) is 0 Å². The summed E-state index contributed by atoms with van der Waals surface area (Å²) < 4.78 is 53.3. The number of rotatable bonds is 7. The molecular weight excluding hydrogens is 274 g/mol. The fraction of sp³-hybridized carbons (Fsp3) is 0.571. The Morgan fingerprint density at radius 3 is 2.60 bits per heavy atom. The number of halogens is 4. The van der Waals surface area contributed by atoms with Crippen molar-refractivity contribution in [1.29, 1.82) is 0 Å². The highest BCUT2D eigenvalue weighted by Gasteiger charge is 2.27. The first-order valence-corrected chi connectivity index (χ1v) is 6.43. The minimum atomic E-state index is -4.28. The Labute approximate surface area is 116 Å². The monoisotopic (exact) mass is 293 g/mol. The topological polar surface area (TPSA) is 21.3 Å². The van der Waals surface area contributed by atoms with Crippen LogP contribution in [0.25, 0.3) is 0 Å². The first-order valence-electron chi connectivity index (χ1n) is 6.43. The molecule has 0 saturated heterocycles. The molecule has 1 unspecified atom stereocenters. The van der Waals surface area contributed by atoms with Gasteiger partial charge in [-0.05, 0) is 44.0 Å². The molecule has 114 valence electrons. The summed E-state index contributed by atoms with van der Waals surface area (Å²) in [5.41, 5.74) is 1.39. The van der Waals surface area contributed by atoms with Gasteiger partial charge in [0.15, 0.2) is 0 Å². The zero-order valence-electron chi connectivity index (χ0n) is 11.6. The van der Waals surface area contributed by atoms with Crippen molar-refractivity contribution in [2.45, 2.75) is 32.5 Å². The molecular formula is C14H19F4NO. The van der Waals surface area contributed by atoms with E-state index in [1.165, 1.54) is 6.07 Å². The van der Waals surface area contributed by atoms with Crippen LogP contribution in [-0.2, 0) is 4.74 Å². The van der Waals surface area contributed by atoms with E-state index in [1.54, 1.807) is 13.0 Å². The third-order valence-corrected chi connectivity index (χ3v) is 2.88. The van der Waals surface area contributed by atoms with Gasteiger partial charge >= 0.3 is 6.18 Å². The molecule has 0 spiro atoms. The van der Waals surface area contributed by atoms with Gasteiger partial charge < -0.3 is 10.1 Å². The predicted molar refractivity (Wildman–Crippen MR) is 69.0 cm³/mol. The van der Waals surface area contributed by atoms with Crippen LogP contribution in [0.2, 0.25) is 0 Å². The van der Waals surface area contributed by atoms with Crippen LogP contribution in [0.4, 0.5) is 17.6 Å². The van der Waals surface area contributed by atoms with Crippen LogP contribution >= 0.6 is 0 Å². The van der Waals surface area contributed by atoms with E-state index in [0.717, 1.165) is 5.56 Å². The van der Waals surface area contributed by atoms with E-state index in [1.807, 2.05) is 13.0 Å². The molecule has 6 heteroatoms. The van der Waals surface area contributed by atoms with Crippen molar-refractivity contribution < 1.29 is 22.3 Å². The number of hydrogen-bond donors (Lipinski definition) is 1. The van der Waals surface area contributed by atoms with Crippen LogP contribution in [0.3, 0.4) is 0 Å². The Bertz CT molecular complexity index is 420. The molecule has 2 nitrogen and oxygen atoms in total. The summed E-state index contributed by atoms with van der Waals surface area (Å²) in [6.45, 7) is 2.90. The second-order valence-electron chi connectivity index (χ2n) is 4.71. The van der Waals surface area contributed by atoms with Crippen molar-refractivity contribution in [2.75, 3.05) is 19.8 Å². The van der Waals surface area contributed by atoms with E-state index >= 15 is 0 Å². The van der Waals surface area contributed by atoms with Crippen LogP contribution in [0, 0.1) is 12.7 Å². The molecule has 0 aromatic heterocycles. The molecule has 1 N–H and O–H groups in total. The molecule has 0 aliphatic carbocycles. The molecule has 0 heterocycles. The standard InChI is InChI=1S/C14H19F4NO/c1-10-4-5-12(8-13(10)15)11(2)19-6-3-7-20-9-14(16,17)18/h4-5,8,11,19H,3,6-7,9H2,1-2H3. The summed E-state index contributed by atoms with van der Waals surface area (Å²) in [7, 11) is 0. The van der Waals surface area contributed by atoms with Crippen molar-refractivity contribution in [3.8, 4) is 0 Å². The van der Waals surface area contributed by atoms with Gasteiger partial charge in [0.05, 0.1) is 0 Å². The Balaban J connectivity index is 2.23. The lowest BCUT2D eigenvalue weighted by Gasteiger charge is -2.15. The Morgan fingerprint density at radius 1 is 1.30 bits per heavy atom. The Kier molecular flexibility index (Phi) is 6.42. The Hall–Kier alpha value is -1.14. The first-order chi connectivity index (χ1) is 9.29. The van der Waals surface area contributed by atoms with Gasteiger partial charge in [0.2, 0.25) is 0 Å². The lowest BCUT2D eigenvalue weighted by molar-refractivity contribution is -0.173. The molecule has 1 aromatic rings. The highest BCUT2D eigenvalue weighted by atomic mass is 19.4. The minimum Gasteiger partial charge on any atom is -0.372 e. The zero-order valence-corrected chi connectivity index (χ0v) is 11.6. The van der Waals surface area contributed by atoms with Crippen molar-refractivity contribution in [2.24, 2.45) is 0 Å². The highest BCUT2D eigenvalue weighted by Crippen LogP contribution is 2.16. The molecule has 0 radical (unpaired) electrons. The lowest BCUT2D eigenvalue weighted by atomic mass is 10.1. The van der Waals surface area contributed by atoms with Crippen LogP contribution in [0.15, 0.2) is 18.2 Å². The van der Waals surface area contributed by atoms with Gasteiger partial charge in [0.1, 0.15) is 12.4 Å². The van der Waals surface area contributed by atoms with Crippen molar-refractivity contribution in [3.05, 3.63) is 35.1 Å². The summed E-state index contributed by atoms with van der Waals surface area (Å²) in [6, 6.07) is 4.94. The molecule has 1 atom stereocenters. The number of ether oxygens (including phenoxy) is 1. The highest BCUT2D eigenvalue weighted by molar-refractivity contribution is 5.25. The van der Waals surface area contributed by atoms with Crippen LogP contribution in [0.1, 0.15) is 30.5 Å². The average molecular weight is 293 g/mol. The fourth-order valence-corrected chi connectivity index (χ4v) is 1.68. The van der Waals surface area contributed by atoms with Gasteiger partial charge in [-0.3, -0.25) is 0 Å². The molecule has 20 heavy (non-hydrogen) atoms. The third-order valence-electron chi connectivity index (χ3n) is 2.88. The van der Waals surface area contributed by atoms with E-state index in [0.29, 0.717) is 18.5 Å². The summed E-state index contributed by atoms with van der Waals surface area (Å²) in [4.78, 5) is 0. The quantitative estimate of drug-likeness (QED) is 0.610. The van der Waals surface area contributed by atoms with E-state index in [9.17, 15) is 17.6 Å². The molecule has 0 saturated carbocycles. The maximum Gasteiger partial charge on any atom is 0.411 e. The van der Waals surface area contributed by atoms with Gasteiger partial charge in [0, 0.05) is 12.6 Å². The largest absolute Gasteiger partial charge is 0.411 e. The molecule has 0 bridgehead atoms. The van der Waals surface area contributed by atoms with E-state index in [-0.39, 0.29) is 18.5 Å². The van der Waals surface area contributed by atoms with Gasteiger partial charge in [-0.15, -0.1) is 0 Å². The number of hydrogen-bond acceptors (Lipinski definition) is 2. The second-order valence-corrected chi connectivity index (χ2v) is 4.71. The first kappa shape index (κ1) is 16.9. The van der Waals surface area contributed by atoms with Gasteiger partial charge in [-0.1, -0.05) is 12.1 Å². The normalized spacial score (nSPS) is 13.5. The average Bonchev–Trinajstić information content (AvgIpc) is 2.35. The molecule has 1 aromatic carbocycles. The summed E-state index contributed by atoms with van der Waals surface area (Å²) >= 11 is 0. The summed E-state index contributed by atoms with van der Waals surface area (Å²) in [6.07, 6.45) is -3.81. The third kappa shape index (κ3) is 6.34. The van der Waals surface area contributed by atoms with Crippen LogP contribution in [0.5, 0.6) is 0 Å². The maximum absolute atomic E-state index is 13.4. The van der Waals surface area contributed by atoms with E-state index < -0.39 is 12.8 Å². The fourth-order valence-electron chi connectivity index (χ4n) is 1.68. The van der Waals surface area contributed by atoms with Crippen molar-refractivity contribution >= 4 is 0 Å². The van der Waals surface area contributed by atoms with Crippen LogP contribution < -0.4 is 5.32 Å². The molecule has 0 aliphatic rings.